The molecule has 234 valence electrons. The normalized spacial score (nSPS) is 14.1. The molecule has 0 aliphatic heterocycles. The predicted octanol–water partition coefficient (Wildman–Crippen LogP) is 7.13. The number of carbonyl (C=O) groups excluding carboxylic acids is 4. The fourth-order valence-corrected chi connectivity index (χ4v) is 4.83. The summed E-state index contributed by atoms with van der Waals surface area (Å²) in [6, 6.07) is -0.460. The van der Waals surface area contributed by atoms with Crippen LogP contribution in [-0.4, -0.2) is 49.6 Å². The number of nitrogens with one attached hydrogen (secondary N) is 2. The van der Waals surface area contributed by atoms with E-state index in [9.17, 15) is 19.2 Å². The molecule has 0 aromatic heterocycles. The minimum absolute atomic E-state index is 0.0320. The van der Waals surface area contributed by atoms with Crippen LogP contribution in [0.4, 0.5) is 4.79 Å². The number of unbranched alkanes of at least 4 members (excludes halogenated alkanes) is 10. The zero-order valence-electron chi connectivity index (χ0n) is 26.5. The first kappa shape index (κ1) is 37.9. The molecule has 0 rings (SSSR count). The number of Topliss-reactive ketones (excluding diaryl/α,β-unsaturated/α-hetero) is 1. The molecule has 0 saturated carbocycles. The summed E-state index contributed by atoms with van der Waals surface area (Å²) in [5.74, 6) is -0.299. The fraction of sp³-hybridized carbons (Fsp3) is 0.875. The SMILES string of the molecule is CCOC(=O)C[C@H](C(=O)NCCCCCCCCCCCCCC(=O)[C@@H](NC(=O)OCC)C(C)CC)C(C)CC. The van der Waals surface area contributed by atoms with Crippen LogP contribution >= 0.6 is 0 Å². The second-order valence-electron chi connectivity index (χ2n) is 11.1. The lowest BCUT2D eigenvalue weighted by Gasteiger charge is -2.22. The number of esters is 1. The van der Waals surface area contributed by atoms with Crippen molar-refractivity contribution in [3.05, 3.63) is 0 Å². The van der Waals surface area contributed by atoms with Crippen molar-refractivity contribution in [3.63, 3.8) is 0 Å². The van der Waals surface area contributed by atoms with Crippen LogP contribution in [0.15, 0.2) is 0 Å². The van der Waals surface area contributed by atoms with Crippen molar-refractivity contribution in [1.82, 2.24) is 10.6 Å². The molecule has 40 heavy (non-hydrogen) atoms. The molecule has 0 aromatic rings. The van der Waals surface area contributed by atoms with Crippen LogP contribution in [0.3, 0.4) is 0 Å². The third-order valence-electron chi connectivity index (χ3n) is 7.87. The quantitative estimate of drug-likeness (QED) is 0.0895. The Hall–Kier alpha value is -2.12. The van der Waals surface area contributed by atoms with Gasteiger partial charge in [0.2, 0.25) is 5.91 Å². The maximum atomic E-state index is 12.6. The highest BCUT2D eigenvalue weighted by molar-refractivity contribution is 5.87. The van der Waals surface area contributed by atoms with E-state index >= 15 is 0 Å². The molecule has 8 heteroatoms. The van der Waals surface area contributed by atoms with Crippen LogP contribution in [0, 0.1) is 17.8 Å². The summed E-state index contributed by atoms with van der Waals surface area (Å²) in [4.78, 5) is 48.9. The van der Waals surface area contributed by atoms with Crippen molar-refractivity contribution in [2.75, 3.05) is 19.8 Å². The van der Waals surface area contributed by atoms with Crippen molar-refractivity contribution >= 4 is 23.8 Å². The van der Waals surface area contributed by atoms with Crippen molar-refractivity contribution in [2.45, 2.75) is 144 Å². The molecule has 0 saturated heterocycles. The molecular formula is C32H60N2O6. The standard InChI is InChI=1S/C32H60N2O6/c1-7-25(5)27(24-29(36)39-9-3)31(37)33-23-21-19-17-15-13-11-12-14-16-18-20-22-28(35)30(26(6)8-2)34-32(38)40-10-4/h25-27,30H,7-24H2,1-6H3,(H,33,37)(H,34,38)/t25?,26?,27-,30-/m0/s1. The minimum Gasteiger partial charge on any atom is -0.466 e. The topological polar surface area (TPSA) is 111 Å². The van der Waals surface area contributed by atoms with Crippen LogP contribution in [0.25, 0.3) is 0 Å². The van der Waals surface area contributed by atoms with Gasteiger partial charge in [0.05, 0.1) is 31.6 Å². The molecular weight excluding hydrogens is 508 g/mol. The Morgan fingerprint density at radius 3 is 1.65 bits per heavy atom. The van der Waals surface area contributed by atoms with E-state index in [-0.39, 0.29) is 41.8 Å². The van der Waals surface area contributed by atoms with E-state index in [2.05, 4.69) is 10.6 Å². The second-order valence-corrected chi connectivity index (χ2v) is 11.1. The summed E-state index contributed by atoms with van der Waals surface area (Å²) in [5.41, 5.74) is 0. The van der Waals surface area contributed by atoms with Crippen LogP contribution < -0.4 is 10.6 Å². The molecule has 0 aliphatic carbocycles. The van der Waals surface area contributed by atoms with Crippen molar-refractivity contribution in [3.8, 4) is 0 Å². The summed E-state index contributed by atoms with van der Waals surface area (Å²) < 4.78 is 9.99. The molecule has 0 aromatic carbocycles. The summed E-state index contributed by atoms with van der Waals surface area (Å²) in [5, 5.41) is 5.77. The van der Waals surface area contributed by atoms with Crippen molar-refractivity contribution in [2.24, 2.45) is 17.8 Å². The summed E-state index contributed by atoms with van der Waals surface area (Å²) >= 11 is 0. The molecule has 2 amide bonds. The van der Waals surface area contributed by atoms with E-state index in [0.29, 0.717) is 26.2 Å². The average Bonchev–Trinajstić information content (AvgIpc) is 2.93. The Morgan fingerprint density at radius 1 is 0.650 bits per heavy atom. The Bertz CT molecular complexity index is 641. The highest BCUT2D eigenvalue weighted by atomic mass is 16.5. The fourth-order valence-electron chi connectivity index (χ4n) is 4.83. The lowest BCUT2D eigenvalue weighted by molar-refractivity contribution is -0.147. The molecule has 2 N–H and O–H groups in total. The van der Waals surface area contributed by atoms with Crippen LogP contribution in [-0.2, 0) is 23.9 Å². The lowest BCUT2D eigenvalue weighted by atomic mass is 9.88. The van der Waals surface area contributed by atoms with Gasteiger partial charge in [0, 0.05) is 13.0 Å². The van der Waals surface area contributed by atoms with Gasteiger partial charge < -0.3 is 20.1 Å². The lowest BCUT2D eigenvalue weighted by Crippen LogP contribution is -2.45. The van der Waals surface area contributed by atoms with Crippen LogP contribution in [0.1, 0.15) is 138 Å². The molecule has 0 radical (unpaired) electrons. The van der Waals surface area contributed by atoms with Gasteiger partial charge in [-0.05, 0) is 38.5 Å². The Balaban J connectivity index is 3.87. The number of ether oxygens (including phenoxy) is 2. The first-order chi connectivity index (χ1) is 19.2. The smallest absolute Gasteiger partial charge is 0.407 e. The number of alkyl carbamates (subject to hydrolysis) is 1. The Morgan fingerprint density at radius 2 is 1.15 bits per heavy atom. The van der Waals surface area contributed by atoms with Gasteiger partial charge >= 0.3 is 12.1 Å². The van der Waals surface area contributed by atoms with Gasteiger partial charge in [0.25, 0.3) is 0 Å². The zero-order chi connectivity index (χ0) is 30.2. The van der Waals surface area contributed by atoms with Gasteiger partial charge in [0.15, 0.2) is 5.78 Å². The maximum absolute atomic E-state index is 12.6. The zero-order valence-corrected chi connectivity index (χ0v) is 26.5. The van der Waals surface area contributed by atoms with Crippen molar-refractivity contribution < 1.29 is 28.7 Å². The molecule has 0 bridgehead atoms. The summed E-state index contributed by atoms with van der Waals surface area (Å²) in [7, 11) is 0. The van der Waals surface area contributed by atoms with Crippen LogP contribution in [0.2, 0.25) is 0 Å². The highest BCUT2D eigenvalue weighted by Crippen LogP contribution is 2.20. The maximum Gasteiger partial charge on any atom is 0.407 e. The van der Waals surface area contributed by atoms with Crippen LogP contribution in [0.5, 0.6) is 0 Å². The largest absolute Gasteiger partial charge is 0.466 e. The highest BCUT2D eigenvalue weighted by Gasteiger charge is 2.27. The molecule has 8 nitrogen and oxygen atoms in total. The number of ketones is 1. The van der Waals surface area contributed by atoms with Gasteiger partial charge in [-0.3, -0.25) is 14.4 Å². The van der Waals surface area contributed by atoms with Crippen molar-refractivity contribution in [1.29, 1.82) is 0 Å². The molecule has 0 heterocycles. The van der Waals surface area contributed by atoms with E-state index in [1.165, 1.54) is 38.5 Å². The monoisotopic (exact) mass is 568 g/mol. The number of rotatable bonds is 25. The minimum atomic E-state index is -0.508. The number of amides is 2. The van der Waals surface area contributed by atoms with Gasteiger partial charge in [-0.2, -0.15) is 0 Å². The van der Waals surface area contributed by atoms with E-state index in [1.54, 1.807) is 13.8 Å². The molecule has 2 unspecified atom stereocenters. The first-order valence-electron chi connectivity index (χ1n) is 16.1. The predicted molar refractivity (Wildman–Crippen MR) is 161 cm³/mol. The van der Waals surface area contributed by atoms with Gasteiger partial charge in [-0.1, -0.05) is 98.3 Å². The number of carbonyl (C=O) groups is 4. The first-order valence-corrected chi connectivity index (χ1v) is 16.1. The Labute approximate surface area is 244 Å². The Kier molecular flexibility index (Phi) is 23.4. The molecule has 4 atom stereocenters. The third kappa shape index (κ3) is 18.3. The van der Waals surface area contributed by atoms with Gasteiger partial charge in [0.1, 0.15) is 0 Å². The number of hydrogen-bond donors (Lipinski definition) is 2. The van der Waals surface area contributed by atoms with Gasteiger partial charge in [-0.15, -0.1) is 0 Å². The van der Waals surface area contributed by atoms with E-state index < -0.39 is 12.1 Å². The molecule has 0 spiro atoms. The van der Waals surface area contributed by atoms with E-state index in [0.717, 1.165) is 44.9 Å². The molecule has 0 fully saturated rings. The average molecular weight is 569 g/mol. The second kappa shape index (κ2) is 24.7. The van der Waals surface area contributed by atoms with Gasteiger partial charge in [-0.25, -0.2) is 4.79 Å². The number of hydrogen-bond acceptors (Lipinski definition) is 6. The van der Waals surface area contributed by atoms with E-state index in [4.69, 9.17) is 9.47 Å². The summed E-state index contributed by atoms with van der Waals surface area (Å²) in [6.45, 7) is 12.9. The third-order valence-corrected chi connectivity index (χ3v) is 7.87. The summed E-state index contributed by atoms with van der Waals surface area (Å²) in [6.07, 6.45) is 14.2. The molecule has 0 aliphatic rings. The van der Waals surface area contributed by atoms with E-state index in [1.807, 2.05) is 27.7 Å².